The van der Waals surface area contributed by atoms with Crippen LogP contribution in [0.5, 0.6) is 0 Å². The number of rotatable bonds is 9. The molecule has 0 radical (unpaired) electrons. The Morgan fingerprint density at radius 3 is 2.64 bits per heavy atom. The zero-order valence-corrected chi connectivity index (χ0v) is 15.4. The van der Waals surface area contributed by atoms with Gasteiger partial charge in [0.05, 0.1) is 10.9 Å². The lowest BCUT2D eigenvalue weighted by Gasteiger charge is -2.15. The summed E-state index contributed by atoms with van der Waals surface area (Å²) in [6.45, 7) is 12.7. The molecule has 0 fully saturated rings. The summed E-state index contributed by atoms with van der Waals surface area (Å²) in [5.41, 5.74) is 2.22. The number of amides is 1. The van der Waals surface area contributed by atoms with Crippen molar-refractivity contribution in [1.29, 1.82) is 0 Å². The van der Waals surface area contributed by atoms with Gasteiger partial charge in [-0.25, -0.2) is 4.98 Å². The molecule has 1 aromatic rings. The van der Waals surface area contributed by atoms with Crippen LogP contribution in [0.15, 0.2) is 5.16 Å². The van der Waals surface area contributed by atoms with Gasteiger partial charge < -0.3 is 14.6 Å². The Kier molecular flexibility index (Phi) is 7.96. The van der Waals surface area contributed by atoms with E-state index in [1.165, 1.54) is 17.5 Å². The second-order valence-electron chi connectivity index (χ2n) is 5.97. The molecule has 126 valence electrons. The third kappa shape index (κ3) is 5.65. The van der Waals surface area contributed by atoms with Crippen molar-refractivity contribution in [2.24, 2.45) is 5.92 Å². The molecule has 0 aliphatic rings. The number of methoxy groups -OCH3 is 1. The standard InChI is InChI=1S/C16H29N3O2S/c1-11(2)10-19-13(4)12(3)18-16(19)22-14(5)15(20)17-8-7-9-21-6/h11,14H,7-10H2,1-6H3,(H,17,20). The van der Waals surface area contributed by atoms with Crippen LogP contribution in [0.1, 0.15) is 38.6 Å². The number of carbonyl (C=O) groups excluding carboxylic acids is 1. The Morgan fingerprint density at radius 2 is 2.05 bits per heavy atom. The predicted octanol–water partition coefficient (Wildman–Crippen LogP) is 2.79. The first-order chi connectivity index (χ1) is 10.4. The topological polar surface area (TPSA) is 56.1 Å². The summed E-state index contributed by atoms with van der Waals surface area (Å²) in [6.07, 6.45) is 0.833. The first-order valence-electron chi connectivity index (χ1n) is 7.83. The molecule has 0 aromatic carbocycles. The molecule has 0 aliphatic carbocycles. The average Bonchev–Trinajstić information content (AvgIpc) is 2.70. The number of hydrogen-bond donors (Lipinski definition) is 1. The molecule has 6 heteroatoms. The highest BCUT2D eigenvalue weighted by Gasteiger charge is 2.19. The van der Waals surface area contributed by atoms with E-state index in [4.69, 9.17) is 4.74 Å². The molecular formula is C16H29N3O2S. The van der Waals surface area contributed by atoms with Crippen molar-refractivity contribution in [3.8, 4) is 0 Å². The molecule has 1 amide bonds. The van der Waals surface area contributed by atoms with Crippen LogP contribution in [-0.4, -0.2) is 41.0 Å². The molecule has 0 saturated carbocycles. The van der Waals surface area contributed by atoms with Gasteiger partial charge in [0, 0.05) is 32.5 Å². The van der Waals surface area contributed by atoms with Crippen LogP contribution < -0.4 is 5.32 Å². The third-order valence-corrected chi connectivity index (χ3v) is 4.54. The van der Waals surface area contributed by atoms with Crippen molar-refractivity contribution in [1.82, 2.24) is 14.9 Å². The molecule has 0 spiro atoms. The van der Waals surface area contributed by atoms with Gasteiger partial charge in [0.1, 0.15) is 0 Å². The zero-order chi connectivity index (χ0) is 16.7. The maximum absolute atomic E-state index is 12.1. The molecule has 1 aromatic heterocycles. The second kappa shape index (κ2) is 9.20. The van der Waals surface area contributed by atoms with Gasteiger partial charge in [0.15, 0.2) is 5.16 Å². The van der Waals surface area contributed by atoms with Crippen LogP contribution in [0, 0.1) is 19.8 Å². The Bertz CT molecular complexity index is 486. The Labute approximate surface area is 138 Å². The Hall–Kier alpha value is -1.01. The molecular weight excluding hydrogens is 298 g/mol. The highest BCUT2D eigenvalue weighted by Crippen LogP contribution is 2.26. The second-order valence-corrected chi connectivity index (χ2v) is 7.28. The van der Waals surface area contributed by atoms with Crippen LogP contribution in [0.3, 0.4) is 0 Å². The number of aromatic nitrogens is 2. The minimum atomic E-state index is -0.158. The van der Waals surface area contributed by atoms with E-state index in [1.807, 2.05) is 13.8 Å². The van der Waals surface area contributed by atoms with Crippen molar-refractivity contribution in [3.63, 3.8) is 0 Å². The van der Waals surface area contributed by atoms with E-state index in [-0.39, 0.29) is 11.2 Å². The van der Waals surface area contributed by atoms with Crippen LogP contribution in [0.4, 0.5) is 0 Å². The van der Waals surface area contributed by atoms with Gasteiger partial charge in [-0.2, -0.15) is 0 Å². The summed E-state index contributed by atoms with van der Waals surface area (Å²) in [6, 6.07) is 0. The number of carbonyl (C=O) groups is 1. The first-order valence-corrected chi connectivity index (χ1v) is 8.71. The Balaban J connectivity index is 2.65. The van der Waals surface area contributed by atoms with Crippen LogP contribution in [0.2, 0.25) is 0 Å². The summed E-state index contributed by atoms with van der Waals surface area (Å²) in [7, 11) is 1.67. The van der Waals surface area contributed by atoms with Crippen molar-refractivity contribution in [3.05, 3.63) is 11.4 Å². The number of aryl methyl sites for hydroxylation is 1. The molecule has 1 N–H and O–H groups in total. The highest BCUT2D eigenvalue weighted by atomic mass is 32.2. The van der Waals surface area contributed by atoms with Crippen LogP contribution >= 0.6 is 11.8 Å². The highest BCUT2D eigenvalue weighted by molar-refractivity contribution is 8.00. The fourth-order valence-electron chi connectivity index (χ4n) is 2.08. The van der Waals surface area contributed by atoms with E-state index in [1.54, 1.807) is 7.11 Å². The maximum atomic E-state index is 12.1. The molecule has 0 saturated heterocycles. The zero-order valence-electron chi connectivity index (χ0n) is 14.6. The van der Waals surface area contributed by atoms with Gasteiger partial charge in [-0.3, -0.25) is 4.79 Å². The largest absolute Gasteiger partial charge is 0.385 e. The molecule has 0 bridgehead atoms. The number of hydrogen-bond acceptors (Lipinski definition) is 4. The number of nitrogens with one attached hydrogen (secondary N) is 1. The SMILES string of the molecule is COCCCNC(=O)C(C)Sc1nc(C)c(C)n1CC(C)C. The molecule has 5 nitrogen and oxygen atoms in total. The lowest BCUT2D eigenvalue weighted by atomic mass is 10.2. The lowest BCUT2D eigenvalue weighted by Crippen LogP contribution is -2.32. The number of ether oxygens (including phenoxy) is 1. The van der Waals surface area contributed by atoms with Crippen LogP contribution in [-0.2, 0) is 16.1 Å². The molecule has 1 heterocycles. The maximum Gasteiger partial charge on any atom is 0.233 e. The third-order valence-electron chi connectivity index (χ3n) is 3.45. The molecule has 1 atom stereocenters. The summed E-state index contributed by atoms with van der Waals surface area (Å²) in [5.74, 6) is 0.598. The predicted molar refractivity (Wildman–Crippen MR) is 91.4 cm³/mol. The number of thioether (sulfide) groups is 1. The van der Waals surface area contributed by atoms with Crippen molar-refractivity contribution in [2.45, 2.75) is 58.0 Å². The van der Waals surface area contributed by atoms with Crippen LogP contribution in [0.25, 0.3) is 0 Å². The van der Waals surface area contributed by atoms with Gasteiger partial charge in [-0.15, -0.1) is 0 Å². The summed E-state index contributed by atoms with van der Waals surface area (Å²) in [4.78, 5) is 16.7. The van der Waals surface area contributed by atoms with Gasteiger partial charge in [-0.05, 0) is 33.1 Å². The molecule has 1 rings (SSSR count). The first kappa shape index (κ1) is 19.0. The van der Waals surface area contributed by atoms with Crippen molar-refractivity contribution >= 4 is 17.7 Å². The van der Waals surface area contributed by atoms with Crippen molar-refractivity contribution < 1.29 is 9.53 Å². The van der Waals surface area contributed by atoms with Gasteiger partial charge in [-0.1, -0.05) is 25.6 Å². The van der Waals surface area contributed by atoms with E-state index >= 15 is 0 Å². The van der Waals surface area contributed by atoms with Gasteiger partial charge >= 0.3 is 0 Å². The quantitative estimate of drug-likeness (QED) is 0.560. The lowest BCUT2D eigenvalue weighted by molar-refractivity contribution is -0.120. The summed E-state index contributed by atoms with van der Waals surface area (Å²) < 4.78 is 7.20. The fraction of sp³-hybridized carbons (Fsp3) is 0.750. The number of imidazole rings is 1. The summed E-state index contributed by atoms with van der Waals surface area (Å²) >= 11 is 1.53. The molecule has 0 aliphatic heterocycles. The van der Waals surface area contributed by atoms with Crippen molar-refractivity contribution in [2.75, 3.05) is 20.3 Å². The summed E-state index contributed by atoms with van der Waals surface area (Å²) in [5, 5.41) is 3.72. The van der Waals surface area contributed by atoms with E-state index in [0.29, 0.717) is 19.1 Å². The van der Waals surface area contributed by atoms with Gasteiger partial charge in [0.25, 0.3) is 0 Å². The molecule has 22 heavy (non-hydrogen) atoms. The normalized spacial score (nSPS) is 12.7. The Morgan fingerprint density at radius 1 is 1.36 bits per heavy atom. The smallest absolute Gasteiger partial charge is 0.233 e. The molecule has 1 unspecified atom stereocenters. The van der Waals surface area contributed by atoms with E-state index < -0.39 is 0 Å². The van der Waals surface area contributed by atoms with E-state index in [2.05, 4.69) is 35.6 Å². The minimum Gasteiger partial charge on any atom is -0.385 e. The van der Waals surface area contributed by atoms with E-state index in [9.17, 15) is 4.79 Å². The van der Waals surface area contributed by atoms with E-state index in [0.717, 1.165) is 23.8 Å². The monoisotopic (exact) mass is 327 g/mol. The average molecular weight is 327 g/mol. The fourth-order valence-corrected chi connectivity index (χ4v) is 3.11. The number of nitrogens with zero attached hydrogens (tertiary/aromatic N) is 2. The minimum absolute atomic E-state index is 0.0514. The van der Waals surface area contributed by atoms with Gasteiger partial charge in [0.2, 0.25) is 5.91 Å².